The van der Waals surface area contributed by atoms with E-state index in [1.54, 1.807) is 50.6 Å². The van der Waals surface area contributed by atoms with Gasteiger partial charge in [0.15, 0.2) is 0 Å². The zero-order valence-electron chi connectivity index (χ0n) is 22.1. The zero-order valence-corrected chi connectivity index (χ0v) is 22.1. The lowest BCUT2D eigenvalue weighted by Gasteiger charge is -2.07. The van der Waals surface area contributed by atoms with Gasteiger partial charge in [-0.3, -0.25) is 28.5 Å². The number of hydrogen-bond donors (Lipinski definition) is 1. The van der Waals surface area contributed by atoms with E-state index in [9.17, 15) is 9.59 Å². The van der Waals surface area contributed by atoms with Crippen molar-refractivity contribution in [2.24, 2.45) is 7.05 Å². The summed E-state index contributed by atoms with van der Waals surface area (Å²) in [7, 11) is 1.87. The summed E-state index contributed by atoms with van der Waals surface area (Å²) in [6.45, 7) is 4.00. The number of nitrogens with one attached hydrogen (secondary N) is 1. The van der Waals surface area contributed by atoms with Gasteiger partial charge >= 0.3 is 0 Å². The molecule has 0 aliphatic rings. The summed E-state index contributed by atoms with van der Waals surface area (Å²) in [6, 6.07) is 25.9. The summed E-state index contributed by atoms with van der Waals surface area (Å²) in [5.74, 6) is 0. The minimum Gasteiger partial charge on any atom is -0.285 e. The van der Waals surface area contributed by atoms with Gasteiger partial charge in [0, 0.05) is 77.6 Å². The fourth-order valence-corrected chi connectivity index (χ4v) is 3.88. The van der Waals surface area contributed by atoms with Crippen LogP contribution in [0.25, 0.3) is 33.6 Å². The molecule has 0 saturated carbocycles. The van der Waals surface area contributed by atoms with Gasteiger partial charge in [0.2, 0.25) is 0 Å². The lowest BCUT2D eigenvalue weighted by molar-refractivity contribution is 0.768. The fraction of sp³-hybridized carbons (Fsp3) is 0.152. The zero-order chi connectivity index (χ0) is 27.6. The van der Waals surface area contributed by atoms with E-state index in [-0.39, 0.29) is 26.0 Å². The molecule has 4 heterocycles. The molecule has 4 aromatic heterocycles. The van der Waals surface area contributed by atoms with Crippen LogP contribution in [-0.2, 0) is 7.05 Å². The predicted octanol–water partition coefficient (Wildman–Crippen LogP) is 6.76. The highest BCUT2D eigenvalue weighted by Crippen LogP contribution is 2.18. The smallest absolute Gasteiger partial charge is 0.255 e. The molecular formula is C33H38N6O2. The van der Waals surface area contributed by atoms with Gasteiger partial charge < -0.3 is 0 Å². The number of rotatable bonds is 4. The van der Waals surface area contributed by atoms with Crippen LogP contribution in [0.3, 0.4) is 0 Å². The molecule has 0 aliphatic carbocycles. The van der Waals surface area contributed by atoms with Crippen LogP contribution in [0.15, 0.2) is 132 Å². The van der Waals surface area contributed by atoms with Crippen LogP contribution in [0.1, 0.15) is 28.7 Å². The largest absolute Gasteiger partial charge is 0.285 e. The molecule has 2 aromatic carbocycles. The molecule has 8 heteroatoms. The van der Waals surface area contributed by atoms with Crippen molar-refractivity contribution < 1.29 is 0 Å². The number of hydrogen-bond acceptors (Lipinski definition) is 4. The highest BCUT2D eigenvalue weighted by atomic mass is 16.1. The number of pyridine rings is 2. The Morgan fingerprint density at radius 2 is 1.07 bits per heavy atom. The summed E-state index contributed by atoms with van der Waals surface area (Å²) in [5, 5.41) is 10.8. The summed E-state index contributed by atoms with van der Waals surface area (Å²) >= 11 is 0. The number of para-hydroxylation sites is 2. The number of nitrogens with zero attached hydrogens (tertiary/aromatic N) is 5. The second-order valence-electron chi connectivity index (χ2n) is 8.31. The molecule has 0 saturated heterocycles. The normalized spacial score (nSPS) is 9.63. The molecule has 0 unspecified atom stereocenters. The van der Waals surface area contributed by atoms with E-state index in [0.717, 1.165) is 33.6 Å². The Bertz CT molecular complexity index is 1720. The molecule has 212 valence electrons. The van der Waals surface area contributed by atoms with Crippen molar-refractivity contribution in [2.75, 3.05) is 0 Å². The van der Waals surface area contributed by atoms with E-state index in [1.165, 1.54) is 0 Å². The minimum absolute atomic E-state index is 0. The van der Waals surface area contributed by atoms with Crippen LogP contribution in [-0.4, -0.2) is 29.1 Å². The number of aryl methyl sites for hydroxylation is 1. The van der Waals surface area contributed by atoms with Gasteiger partial charge in [0.25, 0.3) is 11.1 Å². The van der Waals surface area contributed by atoms with Crippen molar-refractivity contribution in [3.05, 3.63) is 143 Å². The first kappa shape index (κ1) is 32.0. The Balaban J connectivity index is 0.000000259. The number of aromatic amines is 1. The molecule has 0 bridgehead atoms. The molecule has 41 heavy (non-hydrogen) atoms. The van der Waals surface area contributed by atoms with E-state index in [1.807, 2.05) is 106 Å². The van der Waals surface area contributed by atoms with Crippen molar-refractivity contribution in [1.29, 1.82) is 0 Å². The fourth-order valence-electron chi connectivity index (χ4n) is 3.88. The topological polar surface area (TPSA) is 90.5 Å². The van der Waals surface area contributed by atoms with Gasteiger partial charge in [-0.05, 0) is 36.4 Å². The van der Waals surface area contributed by atoms with Gasteiger partial charge in [-0.15, -0.1) is 0 Å². The predicted molar refractivity (Wildman–Crippen MR) is 169 cm³/mol. The molecule has 1 N–H and O–H groups in total. The molecule has 8 nitrogen and oxygen atoms in total. The van der Waals surface area contributed by atoms with E-state index < -0.39 is 0 Å². The van der Waals surface area contributed by atoms with E-state index in [2.05, 4.69) is 15.3 Å². The Kier molecular flexibility index (Phi) is 12.0. The van der Waals surface area contributed by atoms with Crippen LogP contribution in [0.4, 0.5) is 0 Å². The monoisotopic (exact) mass is 550 g/mol. The lowest BCUT2D eigenvalue weighted by Crippen LogP contribution is -2.16. The standard InChI is InChI=1S/C15H13N3O.C14H11N3O.C2H6.2CH4/c1-17-10-13(9-16-17)12-7-8-15(19)18(11-12)14-5-3-2-4-6-14;18-14-7-6-11(12-8-15-16-9-12)10-17(14)13-4-2-1-3-5-13;1-2;;/h2-11H,1H3;1-10H,(H,15,16);1-2H3;2*1H4. The second kappa shape index (κ2) is 15.4. The maximum Gasteiger partial charge on any atom is 0.255 e. The van der Waals surface area contributed by atoms with Crippen LogP contribution in [0.5, 0.6) is 0 Å². The molecule has 0 radical (unpaired) electrons. The molecule has 6 rings (SSSR count). The van der Waals surface area contributed by atoms with Crippen LogP contribution in [0, 0.1) is 0 Å². The van der Waals surface area contributed by atoms with E-state index >= 15 is 0 Å². The summed E-state index contributed by atoms with van der Waals surface area (Å²) in [4.78, 5) is 23.8. The first-order valence-electron chi connectivity index (χ1n) is 12.6. The Labute approximate surface area is 241 Å². The average Bonchev–Trinajstić information content (AvgIpc) is 3.69. The van der Waals surface area contributed by atoms with Crippen molar-refractivity contribution in [1.82, 2.24) is 29.1 Å². The Morgan fingerprint density at radius 3 is 1.49 bits per heavy atom. The lowest BCUT2D eigenvalue weighted by atomic mass is 10.1. The van der Waals surface area contributed by atoms with E-state index in [4.69, 9.17) is 0 Å². The quantitative estimate of drug-likeness (QED) is 0.262. The molecule has 0 spiro atoms. The minimum atomic E-state index is -0.0477. The first-order valence-corrected chi connectivity index (χ1v) is 12.6. The van der Waals surface area contributed by atoms with E-state index in [0.29, 0.717) is 0 Å². The van der Waals surface area contributed by atoms with Crippen LogP contribution in [0.2, 0.25) is 0 Å². The highest BCUT2D eigenvalue weighted by Gasteiger charge is 2.05. The van der Waals surface area contributed by atoms with Crippen molar-refractivity contribution in [2.45, 2.75) is 28.7 Å². The Hall–Kier alpha value is -5.24. The summed E-state index contributed by atoms with van der Waals surface area (Å²) < 4.78 is 5.01. The molecule has 0 atom stereocenters. The van der Waals surface area contributed by atoms with Crippen LogP contribution >= 0.6 is 0 Å². The maximum atomic E-state index is 12.0. The third-order valence-corrected chi connectivity index (χ3v) is 5.76. The van der Waals surface area contributed by atoms with Crippen LogP contribution < -0.4 is 11.1 Å². The first-order chi connectivity index (χ1) is 19.1. The van der Waals surface area contributed by atoms with Crippen molar-refractivity contribution in [3.63, 3.8) is 0 Å². The molecule has 0 fully saturated rings. The van der Waals surface area contributed by atoms with Gasteiger partial charge in [-0.25, -0.2) is 0 Å². The van der Waals surface area contributed by atoms with Crippen molar-refractivity contribution >= 4 is 0 Å². The molecular weight excluding hydrogens is 512 g/mol. The van der Waals surface area contributed by atoms with Gasteiger partial charge in [-0.1, -0.05) is 65.1 Å². The van der Waals surface area contributed by atoms with Gasteiger partial charge in [0.05, 0.1) is 12.4 Å². The molecule has 0 aliphatic heterocycles. The van der Waals surface area contributed by atoms with Gasteiger partial charge in [0.1, 0.15) is 0 Å². The molecule has 6 aromatic rings. The SMILES string of the molecule is C.C.CC.Cn1cc(-c2ccc(=O)n(-c3ccccc3)c2)cn1.O=c1ccc(-c2cn[nH]c2)cn1-c1ccccc1. The third kappa shape index (κ3) is 7.89. The average molecular weight is 551 g/mol. The van der Waals surface area contributed by atoms with Crippen molar-refractivity contribution in [3.8, 4) is 33.6 Å². The summed E-state index contributed by atoms with van der Waals surface area (Å²) in [6.07, 6.45) is 10.9. The third-order valence-electron chi connectivity index (χ3n) is 5.76. The second-order valence-corrected chi connectivity index (χ2v) is 8.31. The highest BCUT2D eigenvalue weighted by molar-refractivity contribution is 5.61. The molecule has 0 amide bonds. The number of benzene rings is 2. The number of aromatic nitrogens is 6. The Morgan fingerprint density at radius 1 is 0.585 bits per heavy atom. The maximum absolute atomic E-state index is 12.0. The number of H-pyrrole nitrogens is 1. The summed E-state index contributed by atoms with van der Waals surface area (Å²) in [5.41, 5.74) is 5.49. The van der Waals surface area contributed by atoms with Gasteiger partial charge in [-0.2, -0.15) is 10.2 Å².